The first-order valence-electron chi connectivity index (χ1n) is 15.4. The highest BCUT2D eigenvalue weighted by Gasteiger charge is 2.17. The van der Waals surface area contributed by atoms with E-state index in [1.54, 1.807) is 0 Å². The van der Waals surface area contributed by atoms with E-state index in [4.69, 9.17) is 8.75 Å². The quantitative estimate of drug-likeness (QED) is 0.132. The highest BCUT2D eigenvalue weighted by atomic mass is 32.1. The molecule has 42 heavy (non-hydrogen) atoms. The standard InChI is InChI=1S/C36H39N3S3/c1-4-7-9-24(6-3)21-29-22-33-34(40-29)23-32(41-33)31-19-18-30(35-36(31)39-42-38-35)27-12-10-25(11-13-27)26-14-16-28(17-15-26)37-20-8-5-2/h10-19,22-24,37H,4-9,20-21H2,1-3H3. The number of nitrogens with one attached hydrogen (secondary N) is 1. The van der Waals surface area contributed by atoms with Crippen molar-refractivity contribution in [1.29, 1.82) is 0 Å². The number of fused-ring (bicyclic) bond motifs is 2. The van der Waals surface area contributed by atoms with Gasteiger partial charge in [-0.25, -0.2) is 0 Å². The van der Waals surface area contributed by atoms with Crippen LogP contribution in [-0.2, 0) is 6.42 Å². The summed E-state index contributed by atoms with van der Waals surface area (Å²) in [6.07, 6.45) is 8.85. The summed E-state index contributed by atoms with van der Waals surface area (Å²) in [6, 6.07) is 26.9. The van der Waals surface area contributed by atoms with Crippen molar-refractivity contribution in [3.05, 3.63) is 77.7 Å². The van der Waals surface area contributed by atoms with Gasteiger partial charge in [-0.15, -0.1) is 22.7 Å². The molecule has 0 bridgehead atoms. The van der Waals surface area contributed by atoms with E-state index in [1.165, 1.54) is 104 Å². The predicted molar refractivity (Wildman–Crippen MR) is 187 cm³/mol. The van der Waals surface area contributed by atoms with Gasteiger partial charge >= 0.3 is 0 Å². The third-order valence-corrected chi connectivity index (χ3v) is 11.1. The van der Waals surface area contributed by atoms with E-state index < -0.39 is 0 Å². The van der Waals surface area contributed by atoms with Gasteiger partial charge in [-0.1, -0.05) is 101 Å². The van der Waals surface area contributed by atoms with E-state index in [-0.39, 0.29) is 0 Å². The average Bonchev–Trinajstić information content (AvgIpc) is 3.75. The predicted octanol–water partition coefficient (Wildman–Crippen LogP) is 11.9. The van der Waals surface area contributed by atoms with Crippen LogP contribution in [0.1, 0.15) is 64.2 Å². The van der Waals surface area contributed by atoms with Crippen LogP contribution in [0.5, 0.6) is 0 Å². The lowest BCUT2D eigenvalue weighted by Crippen LogP contribution is -2.01. The first-order chi connectivity index (χ1) is 20.7. The molecule has 3 heterocycles. The highest BCUT2D eigenvalue weighted by Crippen LogP contribution is 2.43. The zero-order chi connectivity index (χ0) is 28.9. The second-order valence-corrected chi connectivity index (χ2v) is 14.0. The molecule has 0 saturated heterocycles. The van der Waals surface area contributed by atoms with Gasteiger partial charge in [-0.2, -0.15) is 8.75 Å². The Balaban J connectivity index is 1.21. The maximum Gasteiger partial charge on any atom is 0.114 e. The number of anilines is 1. The molecule has 6 rings (SSSR count). The van der Waals surface area contributed by atoms with Crippen LogP contribution < -0.4 is 5.32 Å². The molecule has 0 aliphatic rings. The molecular formula is C36H39N3S3. The summed E-state index contributed by atoms with van der Waals surface area (Å²) >= 11 is 5.17. The van der Waals surface area contributed by atoms with Crippen LogP contribution in [0, 0.1) is 5.92 Å². The summed E-state index contributed by atoms with van der Waals surface area (Å²) in [4.78, 5) is 2.82. The van der Waals surface area contributed by atoms with Gasteiger partial charge in [0, 0.05) is 42.5 Å². The molecule has 0 aliphatic heterocycles. The molecule has 1 N–H and O–H groups in total. The molecule has 0 aliphatic carbocycles. The third-order valence-electron chi connectivity index (χ3n) is 8.25. The first kappa shape index (κ1) is 29.0. The summed E-state index contributed by atoms with van der Waals surface area (Å²) in [6.45, 7) is 7.87. The molecule has 0 fully saturated rings. The molecule has 3 aromatic heterocycles. The second kappa shape index (κ2) is 13.5. The molecule has 0 spiro atoms. The lowest BCUT2D eigenvalue weighted by atomic mass is 9.95. The van der Waals surface area contributed by atoms with Gasteiger partial charge in [0.05, 0.1) is 11.7 Å². The molecule has 0 amide bonds. The fraction of sp³-hybridized carbons (Fsp3) is 0.333. The molecule has 1 atom stereocenters. The maximum absolute atomic E-state index is 4.77. The van der Waals surface area contributed by atoms with Crippen molar-refractivity contribution in [3.8, 4) is 32.7 Å². The Bertz CT molecular complexity index is 1710. The van der Waals surface area contributed by atoms with Gasteiger partial charge < -0.3 is 5.32 Å². The summed E-state index contributed by atoms with van der Waals surface area (Å²) < 4.78 is 12.3. The fourth-order valence-corrected chi connectivity index (χ4v) is 8.81. The lowest BCUT2D eigenvalue weighted by Gasteiger charge is -2.12. The van der Waals surface area contributed by atoms with Crippen LogP contribution in [0.4, 0.5) is 5.69 Å². The Morgan fingerprint density at radius 3 is 2.02 bits per heavy atom. The molecule has 0 saturated carbocycles. The largest absolute Gasteiger partial charge is 0.385 e. The number of hydrogen-bond acceptors (Lipinski definition) is 6. The Morgan fingerprint density at radius 1 is 0.690 bits per heavy atom. The fourth-order valence-electron chi connectivity index (χ4n) is 5.68. The zero-order valence-corrected chi connectivity index (χ0v) is 27.2. The van der Waals surface area contributed by atoms with Crippen LogP contribution >= 0.6 is 34.4 Å². The minimum Gasteiger partial charge on any atom is -0.385 e. The lowest BCUT2D eigenvalue weighted by molar-refractivity contribution is 0.452. The summed E-state index contributed by atoms with van der Waals surface area (Å²) in [5, 5.41) is 3.50. The normalized spacial score (nSPS) is 12.4. The van der Waals surface area contributed by atoms with E-state index in [2.05, 4.69) is 98.9 Å². The Kier molecular flexibility index (Phi) is 9.33. The van der Waals surface area contributed by atoms with Gasteiger partial charge in [0.15, 0.2) is 0 Å². The molecule has 3 nitrogen and oxygen atoms in total. The summed E-state index contributed by atoms with van der Waals surface area (Å²) in [5.74, 6) is 0.803. The van der Waals surface area contributed by atoms with Gasteiger partial charge in [0.2, 0.25) is 0 Å². The topological polar surface area (TPSA) is 37.8 Å². The van der Waals surface area contributed by atoms with Gasteiger partial charge in [0.25, 0.3) is 0 Å². The first-order valence-corrected chi connectivity index (χ1v) is 17.8. The van der Waals surface area contributed by atoms with Crippen molar-refractivity contribution in [2.24, 2.45) is 5.92 Å². The zero-order valence-electron chi connectivity index (χ0n) is 24.8. The van der Waals surface area contributed by atoms with Crippen LogP contribution in [0.25, 0.3) is 53.1 Å². The van der Waals surface area contributed by atoms with Crippen molar-refractivity contribution in [2.75, 3.05) is 11.9 Å². The van der Waals surface area contributed by atoms with Crippen molar-refractivity contribution in [1.82, 2.24) is 8.75 Å². The number of thiophene rings is 2. The number of unbranched alkanes of at least 4 members (excludes halogenated alkanes) is 2. The number of benzene rings is 3. The average molecular weight is 610 g/mol. The Labute approximate surface area is 262 Å². The molecule has 6 aromatic rings. The SMILES string of the molecule is CCCCNc1ccc(-c2ccc(-c3ccc(-c4cc5sc(CC(CC)CCCC)cc5s4)c4nsnc34)cc2)cc1. The van der Waals surface area contributed by atoms with E-state index >= 15 is 0 Å². The van der Waals surface area contributed by atoms with Crippen molar-refractivity contribution < 1.29 is 0 Å². The van der Waals surface area contributed by atoms with Crippen molar-refractivity contribution >= 4 is 60.5 Å². The molecule has 216 valence electrons. The number of rotatable bonds is 13. The Hall–Kier alpha value is -3.06. The van der Waals surface area contributed by atoms with Crippen LogP contribution in [-0.4, -0.2) is 15.3 Å². The van der Waals surface area contributed by atoms with Crippen LogP contribution in [0.2, 0.25) is 0 Å². The van der Waals surface area contributed by atoms with E-state index in [0.717, 1.165) is 29.1 Å². The molecule has 3 aromatic carbocycles. The van der Waals surface area contributed by atoms with Crippen LogP contribution in [0.15, 0.2) is 72.8 Å². The number of nitrogens with zero attached hydrogens (tertiary/aromatic N) is 2. The van der Waals surface area contributed by atoms with Crippen LogP contribution in [0.3, 0.4) is 0 Å². The second-order valence-electron chi connectivity index (χ2n) is 11.2. The maximum atomic E-state index is 4.77. The number of hydrogen-bond donors (Lipinski definition) is 1. The van der Waals surface area contributed by atoms with E-state index in [9.17, 15) is 0 Å². The summed E-state index contributed by atoms with van der Waals surface area (Å²) in [5.41, 5.74) is 9.13. The smallest absolute Gasteiger partial charge is 0.114 e. The van der Waals surface area contributed by atoms with Gasteiger partial charge in [-0.3, -0.25) is 0 Å². The van der Waals surface area contributed by atoms with E-state index in [0.29, 0.717) is 0 Å². The molecule has 0 radical (unpaired) electrons. The monoisotopic (exact) mass is 609 g/mol. The summed E-state index contributed by atoms with van der Waals surface area (Å²) in [7, 11) is 0. The number of aromatic nitrogens is 2. The minimum absolute atomic E-state index is 0.803. The molecule has 1 unspecified atom stereocenters. The molecule has 6 heteroatoms. The Morgan fingerprint density at radius 2 is 1.33 bits per heavy atom. The highest BCUT2D eigenvalue weighted by molar-refractivity contribution is 7.29. The van der Waals surface area contributed by atoms with E-state index in [1.807, 2.05) is 22.7 Å². The third kappa shape index (κ3) is 6.31. The van der Waals surface area contributed by atoms with Crippen molar-refractivity contribution in [2.45, 2.75) is 65.7 Å². The molecular weight excluding hydrogens is 571 g/mol. The van der Waals surface area contributed by atoms with Gasteiger partial charge in [0.1, 0.15) is 11.0 Å². The van der Waals surface area contributed by atoms with Crippen molar-refractivity contribution in [3.63, 3.8) is 0 Å². The van der Waals surface area contributed by atoms with Gasteiger partial charge in [-0.05, 0) is 59.7 Å². The minimum atomic E-state index is 0.803.